The minimum Gasteiger partial charge on any atom is -0.406 e. The predicted octanol–water partition coefficient (Wildman–Crippen LogP) is 4.64. The van der Waals surface area contributed by atoms with Gasteiger partial charge in [-0.1, -0.05) is 11.6 Å². The first-order chi connectivity index (χ1) is 18.0. The van der Waals surface area contributed by atoms with E-state index in [4.69, 9.17) is 16.6 Å². The predicted molar refractivity (Wildman–Crippen MR) is 138 cm³/mol. The highest BCUT2D eigenvalue weighted by Crippen LogP contribution is 2.34. The molecule has 0 N–H and O–H groups in total. The lowest BCUT2D eigenvalue weighted by Gasteiger charge is -2.26. The van der Waals surface area contributed by atoms with Gasteiger partial charge >= 0.3 is 6.36 Å². The van der Waals surface area contributed by atoms with Crippen LogP contribution in [0.15, 0.2) is 48.9 Å². The molecule has 1 aliphatic rings. The van der Waals surface area contributed by atoms with Gasteiger partial charge in [-0.25, -0.2) is 13.4 Å². The first kappa shape index (κ1) is 26.5. The zero-order chi connectivity index (χ0) is 27.1. The Kier molecular flexibility index (Phi) is 7.14. The Labute approximate surface area is 222 Å². The number of ether oxygens (including phenoxy) is 1. The second-order valence-corrected chi connectivity index (χ2v) is 12.0. The fraction of sp³-hybridized carbons (Fsp3) is 0.360. The molecule has 1 saturated heterocycles. The zero-order valence-corrected chi connectivity index (χ0v) is 22.0. The van der Waals surface area contributed by atoms with E-state index in [0.29, 0.717) is 30.0 Å². The van der Waals surface area contributed by atoms with Crippen LogP contribution >= 0.6 is 11.6 Å². The molecular formula is C25H25ClF3N5O3S. The summed E-state index contributed by atoms with van der Waals surface area (Å²) in [5.74, 6) is -0.00254. The van der Waals surface area contributed by atoms with Crippen LogP contribution in [0, 0.1) is 0 Å². The van der Waals surface area contributed by atoms with Crippen molar-refractivity contribution < 1.29 is 26.3 Å². The summed E-state index contributed by atoms with van der Waals surface area (Å²) >= 11 is 6.32. The van der Waals surface area contributed by atoms with Crippen molar-refractivity contribution in [2.75, 3.05) is 31.1 Å². The molecule has 0 amide bonds. The van der Waals surface area contributed by atoms with E-state index in [1.54, 1.807) is 16.9 Å². The minimum absolute atomic E-state index is 0.0850. The summed E-state index contributed by atoms with van der Waals surface area (Å²) in [7, 11) is -1.10. The zero-order valence-electron chi connectivity index (χ0n) is 20.4. The fourth-order valence-electron chi connectivity index (χ4n) is 4.62. The van der Waals surface area contributed by atoms with Gasteiger partial charge in [0.15, 0.2) is 9.84 Å². The van der Waals surface area contributed by atoms with Crippen molar-refractivity contribution in [2.45, 2.75) is 19.2 Å². The maximum atomic E-state index is 12.6. The third kappa shape index (κ3) is 5.97. The van der Waals surface area contributed by atoms with Gasteiger partial charge in [0.2, 0.25) is 0 Å². The third-order valence-corrected chi connectivity index (χ3v) is 8.43. The molecule has 1 fully saturated rings. The van der Waals surface area contributed by atoms with E-state index in [1.165, 1.54) is 12.1 Å². The standard InChI is InChI=1S/C25H25ClF3N5O3S/c1-32-16-18(14-30-32)34-15-17(3-2-8-33-9-11-38(35,36)12-10-33)20-6-7-23(31-24(20)34)21-5-4-19(13-22(21)26)37-25(27,28)29/h4-7,13-16H,2-3,8-12H2,1H3. The van der Waals surface area contributed by atoms with Gasteiger partial charge < -0.3 is 9.64 Å². The summed E-state index contributed by atoms with van der Waals surface area (Å²) in [5, 5.41) is 5.29. The van der Waals surface area contributed by atoms with Crippen molar-refractivity contribution in [1.29, 1.82) is 0 Å². The molecule has 38 heavy (non-hydrogen) atoms. The van der Waals surface area contributed by atoms with E-state index >= 15 is 0 Å². The Hall–Kier alpha value is -3.09. The number of aromatic nitrogens is 4. The van der Waals surface area contributed by atoms with Crippen LogP contribution in [-0.4, -0.2) is 70.2 Å². The van der Waals surface area contributed by atoms with Crippen molar-refractivity contribution in [2.24, 2.45) is 7.05 Å². The summed E-state index contributed by atoms with van der Waals surface area (Å²) in [6.07, 6.45) is 2.40. The Morgan fingerprint density at radius 1 is 1.11 bits per heavy atom. The first-order valence-corrected chi connectivity index (χ1v) is 14.2. The lowest BCUT2D eigenvalue weighted by Crippen LogP contribution is -2.40. The highest BCUT2D eigenvalue weighted by atomic mass is 35.5. The summed E-state index contributed by atoms with van der Waals surface area (Å²) in [5.41, 5.74) is 3.54. The molecule has 1 aliphatic heterocycles. The van der Waals surface area contributed by atoms with Crippen LogP contribution in [0.1, 0.15) is 12.0 Å². The second-order valence-electron chi connectivity index (χ2n) is 9.25. The molecule has 0 saturated carbocycles. The number of halogens is 4. The number of nitrogens with zero attached hydrogens (tertiary/aromatic N) is 5. The number of sulfone groups is 1. The van der Waals surface area contributed by atoms with Gasteiger partial charge in [-0.15, -0.1) is 13.2 Å². The lowest BCUT2D eigenvalue weighted by molar-refractivity contribution is -0.274. The monoisotopic (exact) mass is 567 g/mol. The minimum atomic E-state index is -4.81. The van der Waals surface area contributed by atoms with Crippen LogP contribution in [0.2, 0.25) is 5.02 Å². The number of hydrogen-bond donors (Lipinski definition) is 0. The van der Waals surface area contributed by atoms with Crippen LogP contribution in [0.3, 0.4) is 0 Å². The molecule has 0 radical (unpaired) electrons. The number of pyridine rings is 1. The highest BCUT2D eigenvalue weighted by Gasteiger charge is 2.31. The molecule has 0 spiro atoms. The SMILES string of the molecule is Cn1cc(-n2cc(CCCN3CCS(=O)(=O)CC3)c3ccc(-c4ccc(OC(F)(F)F)cc4Cl)nc32)cn1. The molecule has 5 rings (SSSR count). The Morgan fingerprint density at radius 3 is 2.53 bits per heavy atom. The van der Waals surface area contributed by atoms with E-state index in [2.05, 4.69) is 14.7 Å². The number of fused-ring (bicyclic) bond motifs is 1. The molecule has 0 atom stereocenters. The number of benzene rings is 1. The molecule has 0 unspecified atom stereocenters. The Morgan fingerprint density at radius 2 is 1.87 bits per heavy atom. The number of alkyl halides is 3. The fourth-order valence-corrected chi connectivity index (χ4v) is 6.16. The lowest BCUT2D eigenvalue weighted by atomic mass is 10.1. The van der Waals surface area contributed by atoms with Gasteiger partial charge in [-0.2, -0.15) is 5.10 Å². The van der Waals surface area contributed by atoms with Gasteiger partial charge in [-0.3, -0.25) is 9.25 Å². The van der Waals surface area contributed by atoms with E-state index in [1.807, 2.05) is 30.1 Å². The number of rotatable bonds is 7. The van der Waals surface area contributed by atoms with Crippen LogP contribution in [0.25, 0.3) is 28.0 Å². The van der Waals surface area contributed by atoms with Gasteiger partial charge in [0.25, 0.3) is 0 Å². The molecule has 13 heteroatoms. The molecular weight excluding hydrogens is 543 g/mol. The largest absolute Gasteiger partial charge is 0.573 e. The maximum Gasteiger partial charge on any atom is 0.573 e. The summed E-state index contributed by atoms with van der Waals surface area (Å²) in [6.45, 7) is 1.90. The molecule has 8 nitrogen and oxygen atoms in total. The molecule has 0 aliphatic carbocycles. The van der Waals surface area contributed by atoms with Crippen LogP contribution < -0.4 is 4.74 Å². The normalized spacial score (nSPS) is 16.2. The van der Waals surface area contributed by atoms with Crippen molar-refractivity contribution in [3.63, 3.8) is 0 Å². The van der Waals surface area contributed by atoms with Crippen molar-refractivity contribution in [3.05, 3.63) is 59.5 Å². The Bertz CT molecular complexity index is 1570. The quantitative estimate of drug-likeness (QED) is 0.324. The van der Waals surface area contributed by atoms with Crippen LogP contribution in [0.5, 0.6) is 5.75 Å². The highest BCUT2D eigenvalue weighted by molar-refractivity contribution is 7.91. The Balaban J connectivity index is 1.43. The van der Waals surface area contributed by atoms with Crippen molar-refractivity contribution >= 4 is 32.5 Å². The first-order valence-electron chi connectivity index (χ1n) is 12.0. The molecule has 3 aromatic heterocycles. The summed E-state index contributed by atoms with van der Waals surface area (Å²) in [6, 6.07) is 7.50. The smallest absolute Gasteiger partial charge is 0.406 e. The van der Waals surface area contributed by atoms with Gasteiger partial charge in [-0.05, 0) is 55.3 Å². The molecule has 0 bridgehead atoms. The van der Waals surface area contributed by atoms with Crippen LogP contribution in [-0.2, 0) is 23.3 Å². The summed E-state index contributed by atoms with van der Waals surface area (Å²) in [4.78, 5) is 7.00. The maximum absolute atomic E-state index is 12.6. The average Bonchev–Trinajstić information content (AvgIpc) is 3.42. The average molecular weight is 568 g/mol. The van der Waals surface area contributed by atoms with Gasteiger partial charge in [0.1, 0.15) is 11.4 Å². The van der Waals surface area contributed by atoms with Crippen LogP contribution in [0.4, 0.5) is 13.2 Å². The molecule has 1 aromatic carbocycles. The number of aryl methyl sites for hydroxylation is 2. The topological polar surface area (TPSA) is 82.2 Å². The summed E-state index contributed by atoms with van der Waals surface area (Å²) < 4.78 is 68.8. The van der Waals surface area contributed by atoms with Gasteiger partial charge in [0, 0.05) is 43.5 Å². The van der Waals surface area contributed by atoms with Gasteiger partial charge in [0.05, 0.1) is 34.1 Å². The molecule has 202 valence electrons. The van der Waals surface area contributed by atoms with E-state index in [-0.39, 0.29) is 16.5 Å². The second kappa shape index (κ2) is 10.2. The number of hydrogen-bond acceptors (Lipinski definition) is 6. The third-order valence-electron chi connectivity index (χ3n) is 6.51. The van der Waals surface area contributed by atoms with E-state index < -0.39 is 21.9 Å². The van der Waals surface area contributed by atoms with Crippen molar-refractivity contribution in [1.82, 2.24) is 24.2 Å². The molecule has 4 aromatic rings. The van der Waals surface area contributed by atoms with Crippen molar-refractivity contribution in [3.8, 4) is 22.7 Å². The molecule has 4 heterocycles. The van der Waals surface area contributed by atoms with E-state index in [9.17, 15) is 21.6 Å². The van der Waals surface area contributed by atoms with E-state index in [0.717, 1.165) is 42.1 Å².